The molecule has 0 atom stereocenters. The molecular formula is C16H16N4O2. The number of morpholine rings is 1. The highest BCUT2D eigenvalue weighted by molar-refractivity contribution is 5.77. The molecule has 22 heavy (non-hydrogen) atoms. The Labute approximate surface area is 127 Å². The van der Waals surface area contributed by atoms with Gasteiger partial charge in [-0.05, 0) is 24.3 Å². The van der Waals surface area contributed by atoms with Crippen LogP contribution in [0.3, 0.4) is 0 Å². The minimum atomic E-state index is -0.118. The summed E-state index contributed by atoms with van der Waals surface area (Å²) in [6, 6.07) is 10.1. The summed E-state index contributed by atoms with van der Waals surface area (Å²) >= 11 is 0. The van der Waals surface area contributed by atoms with Crippen molar-refractivity contribution >= 4 is 16.7 Å². The van der Waals surface area contributed by atoms with Crippen molar-refractivity contribution < 1.29 is 4.74 Å². The van der Waals surface area contributed by atoms with Crippen LogP contribution in [0.15, 0.2) is 47.7 Å². The number of rotatable bonds is 2. The molecule has 2 aromatic heterocycles. The van der Waals surface area contributed by atoms with E-state index in [2.05, 4.69) is 27.0 Å². The van der Waals surface area contributed by atoms with Gasteiger partial charge in [0.15, 0.2) is 5.65 Å². The van der Waals surface area contributed by atoms with Crippen molar-refractivity contribution in [2.24, 2.45) is 0 Å². The predicted octanol–water partition coefficient (Wildman–Crippen LogP) is 1.55. The quantitative estimate of drug-likeness (QED) is 0.779. The summed E-state index contributed by atoms with van der Waals surface area (Å²) in [5, 5.41) is 0.597. The van der Waals surface area contributed by atoms with Gasteiger partial charge in [0.1, 0.15) is 0 Å². The zero-order valence-electron chi connectivity index (χ0n) is 12.0. The average molecular weight is 296 g/mol. The van der Waals surface area contributed by atoms with E-state index in [-0.39, 0.29) is 5.56 Å². The molecule has 3 heterocycles. The van der Waals surface area contributed by atoms with Crippen LogP contribution in [0.2, 0.25) is 0 Å². The molecule has 112 valence electrons. The molecule has 1 fully saturated rings. The van der Waals surface area contributed by atoms with Gasteiger partial charge in [0.25, 0.3) is 5.56 Å². The second-order valence-electron chi connectivity index (χ2n) is 5.27. The van der Waals surface area contributed by atoms with Gasteiger partial charge in [0.2, 0.25) is 0 Å². The SMILES string of the molecule is O=c1[nH]cnc2c1ccn2-c1cccc(N2CCOCC2)c1. The number of benzene rings is 1. The minimum Gasteiger partial charge on any atom is -0.378 e. The summed E-state index contributed by atoms with van der Waals surface area (Å²) in [5.41, 5.74) is 2.71. The number of aromatic nitrogens is 3. The van der Waals surface area contributed by atoms with Crippen LogP contribution in [0.1, 0.15) is 0 Å². The van der Waals surface area contributed by atoms with Crippen molar-refractivity contribution in [2.75, 3.05) is 31.2 Å². The molecule has 0 radical (unpaired) electrons. The zero-order valence-corrected chi connectivity index (χ0v) is 12.0. The highest BCUT2D eigenvalue weighted by atomic mass is 16.5. The first-order valence-electron chi connectivity index (χ1n) is 7.31. The second kappa shape index (κ2) is 5.31. The molecule has 0 spiro atoms. The Morgan fingerprint density at radius 2 is 1.95 bits per heavy atom. The van der Waals surface area contributed by atoms with Gasteiger partial charge in [-0.2, -0.15) is 0 Å². The Balaban J connectivity index is 1.78. The molecule has 0 unspecified atom stereocenters. The van der Waals surface area contributed by atoms with Crippen LogP contribution in [0.5, 0.6) is 0 Å². The standard InChI is InChI=1S/C16H16N4O2/c21-16-14-4-5-20(15(14)17-11-18-16)13-3-1-2-12(10-13)19-6-8-22-9-7-19/h1-5,10-11H,6-9H2,(H,17,18,21). The maximum atomic E-state index is 11.8. The average Bonchev–Trinajstić information content (AvgIpc) is 3.01. The molecule has 6 heteroatoms. The largest absolute Gasteiger partial charge is 0.378 e. The van der Waals surface area contributed by atoms with E-state index in [4.69, 9.17) is 4.74 Å². The molecule has 0 aliphatic carbocycles. The lowest BCUT2D eigenvalue weighted by molar-refractivity contribution is 0.122. The molecule has 6 nitrogen and oxygen atoms in total. The normalized spacial score (nSPS) is 15.4. The van der Waals surface area contributed by atoms with E-state index < -0.39 is 0 Å². The van der Waals surface area contributed by atoms with Crippen LogP contribution in [-0.2, 0) is 4.74 Å². The van der Waals surface area contributed by atoms with E-state index in [0.717, 1.165) is 37.7 Å². The van der Waals surface area contributed by atoms with Gasteiger partial charge in [-0.25, -0.2) is 4.98 Å². The lowest BCUT2D eigenvalue weighted by Gasteiger charge is -2.29. The van der Waals surface area contributed by atoms with Crippen LogP contribution in [0, 0.1) is 0 Å². The first-order chi connectivity index (χ1) is 10.8. The maximum absolute atomic E-state index is 11.8. The number of hydrogen-bond acceptors (Lipinski definition) is 4. The number of H-pyrrole nitrogens is 1. The van der Waals surface area contributed by atoms with Gasteiger partial charge in [-0.15, -0.1) is 0 Å². The third-order valence-electron chi connectivity index (χ3n) is 3.97. The molecule has 0 amide bonds. The fraction of sp³-hybridized carbons (Fsp3) is 0.250. The fourth-order valence-electron chi connectivity index (χ4n) is 2.83. The predicted molar refractivity (Wildman–Crippen MR) is 84.7 cm³/mol. The topological polar surface area (TPSA) is 63.2 Å². The minimum absolute atomic E-state index is 0.118. The highest BCUT2D eigenvalue weighted by Gasteiger charge is 2.13. The van der Waals surface area contributed by atoms with Gasteiger partial charge >= 0.3 is 0 Å². The summed E-state index contributed by atoms with van der Waals surface area (Å²) in [6.45, 7) is 3.31. The summed E-state index contributed by atoms with van der Waals surface area (Å²) in [5.74, 6) is 0. The van der Waals surface area contributed by atoms with Gasteiger partial charge in [0, 0.05) is 30.7 Å². The number of ether oxygens (including phenoxy) is 1. The number of nitrogens with one attached hydrogen (secondary N) is 1. The Bertz CT molecular complexity index is 862. The van der Waals surface area contributed by atoms with Crippen molar-refractivity contribution in [1.29, 1.82) is 0 Å². The number of anilines is 1. The van der Waals surface area contributed by atoms with Crippen molar-refractivity contribution in [3.8, 4) is 5.69 Å². The smallest absolute Gasteiger partial charge is 0.260 e. The van der Waals surface area contributed by atoms with Gasteiger partial charge in [-0.3, -0.25) is 4.79 Å². The van der Waals surface area contributed by atoms with E-state index in [9.17, 15) is 4.79 Å². The summed E-state index contributed by atoms with van der Waals surface area (Å²) in [6.07, 6.45) is 3.32. The van der Waals surface area contributed by atoms with Crippen molar-refractivity contribution in [3.63, 3.8) is 0 Å². The fourth-order valence-corrected chi connectivity index (χ4v) is 2.83. The van der Waals surface area contributed by atoms with Gasteiger partial charge in [0.05, 0.1) is 24.9 Å². The summed E-state index contributed by atoms with van der Waals surface area (Å²) < 4.78 is 7.34. The molecule has 1 N–H and O–H groups in total. The monoisotopic (exact) mass is 296 g/mol. The third-order valence-corrected chi connectivity index (χ3v) is 3.97. The van der Waals surface area contributed by atoms with E-state index >= 15 is 0 Å². The second-order valence-corrected chi connectivity index (χ2v) is 5.27. The Kier molecular flexibility index (Phi) is 3.16. The molecule has 1 aliphatic rings. The van der Waals surface area contributed by atoms with E-state index in [0.29, 0.717) is 11.0 Å². The first-order valence-corrected chi connectivity index (χ1v) is 7.31. The molecule has 4 rings (SSSR count). The molecule has 0 bridgehead atoms. The number of aromatic amines is 1. The number of nitrogens with zero attached hydrogens (tertiary/aromatic N) is 3. The lowest BCUT2D eigenvalue weighted by atomic mass is 10.2. The van der Waals surface area contributed by atoms with Crippen LogP contribution >= 0.6 is 0 Å². The van der Waals surface area contributed by atoms with E-state index in [1.54, 1.807) is 6.07 Å². The highest BCUT2D eigenvalue weighted by Crippen LogP contribution is 2.22. The molecule has 1 aromatic carbocycles. The van der Waals surface area contributed by atoms with E-state index in [1.807, 2.05) is 22.9 Å². The molecule has 1 aliphatic heterocycles. The van der Waals surface area contributed by atoms with Gasteiger partial charge in [-0.1, -0.05) is 6.07 Å². The van der Waals surface area contributed by atoms with Crippen molar-refractivity contribution in [2.45, 2.75) is 0 Å². The van der Waals surface area contributed by atoms with Crippen LogP contribution in [0.25, 0.3) is 16.7 Å². The molecular weight excluding hydrogens is 280 g/mol. The van der Waals surface area contributed by atoms with Crippen LogP contribution in [-0.4, -0.2) is 40.8 Å². The molecule has 3 aromatic rings. The van der Waals surface area contributed by atoms with Crippen molar-refractivity contribution in [3.05, 3.63) is 53.2 Å². The third kappa shape index (κ3) is 2.17. The number of hydrogen-bond donors (Lipinski definition) is 1. The Morgan fingerprint density at radius 1 is 1.14 bits per heavy atom. The molecule has 0 saturated carbocycles. The van der Waals surface area contributed by atoms with Gasteiger partial charge < -0.3 is 19.2 Å². The van der Waals surface area contributed by atoms with E-state index in [1.165, 1.54) is 6.33 Å². The molecule has 1 saturated heterocycles. The summed E-state index contributed by atoms with van der Waals surface area (Å²) in [4.78, 5) is 21.0. The summed E-state index contributed by atoms with van der Waals surface area (Å²) in [7, 11) is 0. The first kappa shape index (κ1) is 13.1. The van der Waals surface area contributed by atoms with Crippen LogP contribution < -0.4 is 10.5 Å². The maximum Gasteiger partial charge on any atom is 0.260 e. The lowest BCUT2D eigenvalue weighted by Crippen LogP contribution is -2.36. The Hall–Kier alpha value is -2.60. The Morgan fingerprint density at radius 3 is 2.82 bits per heavy atom. The van der Waals surface area contributed by atoms with Crippen molar-refractivity contribution in [1.82, 2.24) is 14.5 Å². The number of fused-ring (bicyclic) bond motifs is 1. The zero-order chi connectivity index (χ0) is 14.9. The van der Waals surface area contributed by atoms with Crippen LogP contribution in [0.4, 0.5) is 5.69 Å².